The second-order valence-corrected chi connectivity index (χ2v) is 7.01. The molecular weight excluding hydrogens is 350 g/mol. The van der Waals surface area contributed by atoms with Crippen LogP contribution >= 0.6 is 11.6 Å². The molecule has 0 spiro atoms. The van der Waals surface area contributed by atoms with Gasteiger partial charge in [-0.25, -0.2) is 5.43 Å². The zero-order valence-electron chi connectivity index (χ0n) is 14.6. The highest BCUT2D eigenvalue weighted by Gasteiger charge is 2.21. The summed E-state index contributed by atoms with van der Waals surface area (Å²) in [7, 11) is 0. The number of anilines is 3. The minimum atomic E-state index is 0.474. The van der Waals surface area contributed by atoms with Crippen molar-refractivity contribution in [1.82, 2.24) is 15.0 Å². The van der Waals surface area contributed by atoms with Gasteiger partial charge < -0.3 is 9.80 Å². The fourth-order valence-corrected chi connectivity index (χ4v) is 3.47. The van der Waals surface area contributed by atoms with Crippen molar-refractivity contribution in [1.29, 1.82) is 0 Å². The average molecular weight is 372 g/mol. The van der Waals surface area contributed by atoms with Crippen molar-refractivity contribution in [3.8, 4) is 0 Å². The van der Waals surface area contributed by atoms with E-state index >= 15 is 0 Å². The zero-order chi connectivity index (χ0) is 17.8. The first-order valence-electron chi connectivity index (χ1n) is 9.08. The third kappa shape index (κ3) is 4.04. The number of hydrogen-bond acceptors (Lipinski definition) is 7. The molecule has 136 valence electrons. The highest BCUT2D eigenvalue weighted by Crippen LogP contribution is 2.22. The molecule has 2 aliphatic rings. The minimum Gasteiger partial charge on any atom is -0.341 e. The molecule has 8 heteroatoms. The summed E-state index contributed by atoms with van der Waals surface area (Å²) in [4.78, 5) is 18.2. The van der Waals surface area contributed by atoms with Gasteiger partial charge in [0.05, 0.1) is 6.21 Å². The van der Waals surface area contributed by atoms with Crippen LogP contribution in [0.4, 0.5) is 17.8 Å². The van der Waals surface area contributed by atoms with Crippen LogP contribution < -0.4 is 15.2 Å². The number of nitrogens with one attached hydrogen (secondary N) is 1. The van der Waals surface area contributed by atoms with Gasteiger partial charge in [-0.2, -0.15) is 20.1 Å². The Balaban J connectivity index is 1.55. The molecular formula is C18H22ClN7. The number of halogens is 1. The highest BCUT2D eigenvalue weighted by atomic mass is 35.5. The van der Waals surface area contributed by atoms with Crippen molar-refractivity contribution in [3.63, 3.8) is 0 Å². The molecule has 2 aliphatic heterocycles. The van der Waals surface area contributed by atoms with E-state index in [0.29, 0.717) is 11.0 Å². The Morgan fingerprint density at radius 3 is 2.12 bits per heavy atom. The lowest BCUT2D eigenvalue weighted by atomic mass is 10.2. The van der Waals surface area contributed by atoms with E-state index in [2.05, 4.69) is 30.3 Å². The second kappa shape index (κ2) is 7.86. The van der Waals surface area contributed by atoms with Gasteiger partial charge in [-0.15, -0.1) is 0 Å². The summed E-state index contributed by atoms with van der Waals surface area (Å²) < 4.78 is 0. The number of rotatable bonds is 5. The molecule has 0 atom stereocenters. The Kier molecular flexibility index (Phi) is 5.15. The van der Waals surface area contributed by atoms with Crippen molar-refractivity contribution in [2.24, 2.45) is 5.10 Å². The summed E-state index contributed by atoms with van der Waals surface area (Å²) >= 11 is 6.00. The molecule has 7 nitrogen and oxygen atoms in total. The van der Waals surface area contributed by atoms with Crippen LogP contribution in [0.25, 0.3) is 0 Å². The predicted molar refractivity (Wildman–Crippen MR) is 105 cm³/mol. The smallest absolute Gasteiger partial charge is 0.250 e. The molecule has 0 radical (unpaired) electrons. The molecule has 2 aromatic rings. The Labute approximate surface area is 158 Å². The molecule has 26 heavy (non-hydrogen) atoms. The second-order valence-electron chi connectivity index (χ2n) is 6.57. The van der Waals surface area contributed by atoms with Crippen molar-refractivity contribution >= 4 is 35.7 Å². The SMILES string of the molecule is Clc1cccc(/C=N/Nc2nc(N3CCCC3)nc(N3CCCC3)n2)c1. The van der Waals surface area contributed by atoms with E-state index < -0.39 is 0 Å². The van der Waals surface area contributed by atoms with E-state index in [1.807, 2.05) is 24.3 Å². The number of benzene rings is 1. The molecule has 2 fully saturated rings. The normalized spacial score (nSPS) is 17.4. The van der Waals surface area contributed by atoms with Crippen molar-refractivity contribution in [2.45, 2.75) is 25.7 Å². The van der Waals surface area contributed by atoms with Crippen LogP contribution in [0.2, 0.25) is 5.02 Å². The minimum absolute atomic E-state index is 0.474. The number of hydrazone groups is 1. The Morgan fingerprint density at radius 2 is 1.54 bits per heavy atom. The van der Waals surface area contributed by atoms with Crippen LogP contribution in [0.1, 0.15) is 31.2 Å². The van der Waals surface area contributed by atoms with E-state index in [0.717, 1.165) is 43.6 Å². The molecule has 0 unspecified atom stereocenters. The van der Waals surface area contributed by atoms with Crippen LogP contribution in [0, 0.1) is 0 Å². The molecule has 3 heterocycles. The molecule has 0 amide bonds. The zero-order valence-corrected chi connectivity index (χ0v) is 15.4. The maximum Gasteiger partial charge on any atom is 0.250 e. The first-order valence-corrected chi connectivity index (χ1v) is 9.46. The molecule has 1 N–H and O–H groups in total. The number of hydrogen-bond donors (Lipinski definition) is 1. The predicted octanol–water partition coefficient (Wildman–Crippen LogP) is 3.17. The summed E-state index contributed by atoms with van der Waals surface area (Å²) in [6.45, 7) is 3.98. The molecule has 0 aliphatic carbocycles. The van der Waals surface area contributed by atoms with Gasteiger partial charge in [-0.05, 0) is 43.4 Å². The third-order valence-corrected chi connectivity index (χ3v) is 4.85. The quantitative estimate of drug-likeness (QED) is 0.643. The lowest BCUT2D eigenvalue weighted by Crippen LogP contribution is -2.25. The summed E-state index contributed by atoms with van der Waals surface area (Å²) in [6.07, 6.45) is 6.43. The fourth-order valence-electron chi connectivity index (χ4n) is 3.27. The Hall–Kier alpha value is -2.41. The van der Waals surface area contributed by atoms with Crippen LogP contribution in [-0.2, 0) is 0 Å². The van der Waals surface area contributed by atoms with Crippen LogP contribution in [0.3, 0.4) is 0 Å². The van der Waals surface area contributed by atoms with Crippen molar-refractivity contribution < 1.29 is 0 Å². The standard InChI is InChI=1S/C18H22ClN7/c19-15-7-5-6-14(12-15)13-20-24-16-21-17(25-8-1-2-9-25)23-18(22-16)26-10-3-4-11-26/h5-7,12-13H,1-4,8-11H2,(H,21,22,23,24)/b20-13+. The monoisotopic (exact) mass is 371 g/mol. The summed E-state index contributed by atoms with van der Waals surface area (Å²) in [5.41, 5.74) is 3.87. The van der Waals surface area contributed by atoms with Gasteiger partial charge in [0.15, 0.2) is 0 Å². The van der Waals surface area contributed by atoms with Gasteiger partial charge in [0.25, 0.3) is 0 Å². The molecule has 2 saturated heterocycles. The van der Waals surface area contributed by atoms with E-state index in [-0.39, 0.29) is 0 Å². The Bertz CT molecular complexity index is 749. The molecule has 1 aromatic carbocycles. The number of nitrogens with zero attached hydrogens (tertiary/aromatic N) is 6. The van der Waals surface area contributed by atoms with Crippen LogP contribution in [0.5, 0.6) is 0 Å². The first kappa shape index (κ1) is 17.0. The maximum absolute atomic E-state index is 6.00. The largest absolute Gasteiger partial charge is 0.341 e. The first-order chi connectivity index (χ1) is 12.8. The third-order valence-electron chi connectivity index (χ3n) is 4.62. The van der Waals surface area contributed by atoms with Gasteiger partial charge in [0.1, 0.15) is 0 Å². The average Bonchev–Trinajstić information content (AvgIpc) is 3.36. The van der Waals surface area contributed by atoms with Crippen molar-refractivity contribution in [2.75, 3.05) is 41.4 Å². The summed E-state index contributed by atoms with van der Waals surface area (Å²) in [5, 5.41) is 4.95. The number of aromatic nitrogens is 3. The van der Waals surface area contributed by atoms with E-state index in [1.165, 1.54) is 25.7 Å². The fraction of sp³-hybridized carbons (Fsp3) is 0.444. The van der Waals surface area contributed by atoms with Crippen molar-refractivity contribution in [3.05, 3.63) is 34.9 Å². The van der Waals surface area contributed by atoms with E-state index in [4.69, 9.17) is 16.6 Å². The van der Waals surface area contributed by atoms with Gasteiger partial charge in [-0.1, -0.05) is 23.7 Å². The molecule has 0 saturated carbocycles. The van der Waals surface area contributed by atoms with Gasteiger partial charge >= 0.3 is 0 Å². The molecule has 1 aromatic heterocycles. The molecule has 0 bridgehead atoms. The van der Waals surface area contributed by atoms with Gasteiger partial charge in [-0.3, -0.25) is 0 Å². The van der Waals surface area contributed by atoms with Crippen LogP contribution in [0.15, 0.2) is 29.4 Å². The van der Waals surface area contributed by atoms with Gasteiger partial charge in [0, 0.05) is 31.2 Å². The summed E-state index contributed by atoms with van der Waals surface area (Å²) in [5.74, 6) is 1.95. The van der Waals surface area contributed by atoms with Crippen LogP contribution in [-0.4, -0.2) is 47.3 Å². The lowest BCUT2D eigenvalue weighted by Gasteiger charge is -2.20. The summed E-state index contributed by atoms with van der Waals surface area (Å²) in [6, 6.07) is 7.52. The lowest BCUT2D eigenvalue weighted by molar-refractivity contribution is 0.838. The van der Waals surface area contributed by atoms with E-state index in [1.54, 1.807) is 6.21 Å². The Morgan fingerprint density at radius 1 is 0.923 bits per heavy atom. The molecule has 4 rings (SSSR count). The highest BCUT2D eigenvalue weighted by molar-refractivity contribution is 6.30. The van der Waals surface area contributed by atoms with Gasteiger partial charge in [0.2, 0.25) is 17.8 Å². The maximum atomic E-state index is 6.00. The van der Waals surface area contributed by atoms with E-state index in [9.17, 15) is 0 Å². The topological polar surface area (TPSA) is 69.5 Å².